The second-order valence-corrected chi connectivity index (χ2v) is 7.49. The summed E-state index contributed by atoms with van der Waals surface area (Å²) in [4.78, 5) is 35.5. The molecule has 8 nitrogen and oxygen atoms in total. The first-order chi connectivity index (χ1) is 14.5. The van der Waals surface area contributed by atoms with Crippen molar-refractivity contribution in [2.75, 3.05) is 18.4 Å². The molecule has 0 bridgehead atoms. The Kier molecular flexibility index (Phi) is 5.56. The number of carbonyl (C=O) groups is 2. The normalized spacial score (nSPS) is 14.5. The number of aromatic nitrogens is 3. The maximum Gasteiger partial charge on any atom is 0.253 e. The molecule has 1 aromatic carbocycles. The maximum absolute atomic E-state index is 12.8. The van der Waals surface area contributed by atoms with Crippen LogP contribution >= 0.6 is 0 Å². The second kappa shape index (κ2) is 8.44. The van der Waals surface area contributed by atoms with Crippen molar-refractivity contribution in [1.82, 2.24) is 20.0 Å². The van der Waals surface area contributed by atoms with E-state index >= 15 is 0 Å². The largest absolute Gasteiger partial charge is 0.339 e. The highest BCUT2D eigenvalue weighted by molar-refractivity contribution is 5.95. The van der Waals surface area contributed by atoms with E-state index in [0.717, 1.165) is 11.1 Å². The van der Waals surface area contributed by atoms with Crippen LogP contribution in [0.2, 0.25) is 0 Å². The van der Waals surface area contributed by atoms with Crippen molar-refractivity contribution in [2.24, 2.45) is 5.92 Å². The summed E-state index contributed by atoms with van der Waals surface area (Å²) in [5.41, 5.74) is 2.44. The monoisotopic (exact) mass is 405 g/mol. The van der Waals surface area contributed by atoms with Crippen molar-refractivity contribution in [3.05, 3.63) is 59.6 Å². The number of pyridine rings is 1. The summed E-state index contributed by atoms with van der Waals surface area (Å²) in [5, 5.41) is 6.75. The molecule has 1 fully saturated rings. The summed E-state index contributed by atoms with van der Waals surface area (Å²) < 4.78 is 4.99. The Hall–Kier alpha value is -3.55. The number of carbonyl (C=O) groups excluding carboxylic acids is 2. The molecule has 0 unspecified atom stereocenters. The van der Waals surface area contributed by atoms with Gasteiger partial charge in [0.2, 0.25) is 17.6 Å². The average Bonchev–Trinajstić information content (AvgIpc) is 3.21. The lowest BCUT2D eigenvalue weighted by Gasteiger charge is -2.31. The number of hydrogen-bond donors (Lipinski definition) is 1. The molecule has 1 aliphatic rings. The Labute approximate surface area is 174 Å². The van der Waals surface area contributed by atoms with Crippen LogP contribution in [0.1, 0.15) is 34.7 Å². The van der Waals surface area contributed by atoms with E-state index in [4.69, 9.17) is 4.52 Å². The average molecular weight is 405 g/mol. The summed E-state index contributed by atoms with van der Waals surface area (Å²) >= 11 is 0. The molecular formula is C22H23N5O3. The van der Waals surface area contributed by atoms with Crippen LogP contribution in [-0.4, -0.2) is 44.9 Å². The fourth-order valence-electron chi connectivity index (χ4n) is 3.48. The molecule has 3 heterocycles. The summed E-state index contributed by atoms with van der Waals surface area (Å²) in [7, 11) is 0. The predicted molar refractivity (Wildman–Crippen MR) is 111 cm³/mol. The SMILES string of the molecule is Cc1ccc(NC(=O)C2CCN(C(=O)c3ccc(-c4noc(C)n4)cc3)CC2)nc1. The third-order valence-corrected chi connectivity index (χ3v) is 5.23. The van der Waals surface area contributed by atoms with Gasteiger partial charge in [-0.3, -0.25) is 9.59 Å². The van der Waals surface area contributed by atoms with Gasteiger partial charge in [-0.15, -0.1) is 0 Å². The van der Waals surface area contributed by atoms with Gasteiger partial charge in [0.15, 0.2) is 0 Å². The molecule has 2 amide bonds. The zero-order valence-corrected chi connectivity index (χ0v) is 17.0. The van der Waals surface area contributed by atoms with Gasteiger partial charge in [0, 0.05) is 43.3 Å². The zero-order valence-electron chi connectivity index (χ0n) is 17.0. The molecule has 8 heteroatoms. The number of amides is 2. The quantitative estimate of drug-likeness (QED) is 0.715. The molecule has 0 atom stereocenters. The Morgan fingerprint density at radius 1 is 1.07 bits per heavy atom. The first kappa shape index (κ1) is 19.8. The number of benzene rings is 1. The number of aryl methyl sites for hydroxylation is 2. The van der Waals surface area contributed by atoms with E-state index in [0.29, 0.717) is 49.0 Å². The van der Waals surface area contributed by atoms with Crippen LogP contribution in [0.25, 0.3) is 11.4 Å². The van der Waals surface area contributed by atoms with Gasteiger partial charge in [0.25, 0.3) is 5.91 Å². The minimum atomic E-state index is -0.124. The van der Waals surface area contributed by atoms with E-state index in [1.165, 1.54) is 0 Å². The van der Waals surface area contributed by atoms with Crippen molar-refractivity contribution in [3.63, 3.8) is 0 Å². The van der Waals surface area contributed by atoms with E-state index in [1.807, 2.05) is 25.1 Å². The highest BCUT2D eigenvalue weighted by Crippen LogP contribution is 2.22. The standard InChI is InChI=1S/C22H23N5O3/c1-14-3-8-19(23-13-14)25-21(28)17-9-11-27(12-10-17)22(29)18-6-4-16(5-7-18)20-24-15(2)30-26-20/h3-8,13,17H,9-12H2,1-2H3,(H,23,25,28). The van der Waals surface area contributed by atoms with E-state index in [2.05, 4.69) is 20.4 Å². The lowest BCUT2D eigenvalue weighted by atomic mass is 9.95. The van der Waals surface area contributed by atoms with Gasteiger partial charge >= 0.3 is 0 Å². The Morgan fingerprint density at radius 2 is 1.80 bits per heavy atom. The third kappa shape index (κ3) is 4.37. The zero-order chi connectivity index (χ0) is 21.1. The van der Waals surface area contributed by atoms with Gasteiger partial charge in [-0.25, -0.2) is 4.98 Å². The molecule has 1 saturated heterocycles. The van der Waals surface area contributed by atoms with Crippen LogP contribution in [0, 0.1) is 19.8 Å². The molecular weight excluding hydrogens is 382 g/mol. The van der Waals surface area contributed by atoms with Crippen LogP contribution in [0.3, 0.4) is 0 Å². The van der Waals surface area contributed by atoms with Crippen molar-refractivity contribution < 1.29 is 14.1 Å². The van der Waals surface area contributed by atoms with Gasteiger partial charge in [-0.05, 0) is 43.5 Å². The number of hydrogen-bond acceptors (Lipinski definition) is 6. The minimum Gasteiger partial charge on any atom is -0.339 e. The first-order valence-electron chi connectivity index (χ1n) is 9.93. The summed E-state index contributed by atoms with van der Waals surface area (Å²) in [6, 6.07) is 10.9. The fourth-order valence-corrected chi connectivity index (χ4v) is 3.48. The summed E-state index contributed by atoms with van der Waals surface area (Å²) in [6.45, 7) is 4.77. The lowest BCUT2D eigenvalue weighted by Crippen LogP contribution is -2.41. The summed E-state index contributed by atoms with van der Waals surface area (Å²) in [5.74, 6) is 1.35. The van der Waals surface area contributed by atoms with Crippen molar-refractivity contribution in [1.29, 1.82) is 0 Å². The molecule has 4 rings (SSSR count). The minimum absolute atomic E-state index is 0.0371. The lowest BCUT2D eigenvalue weighted by molar-refractivity contribution is -0.121. The first-order valence-corrected chi connectivity index (χ1v) is 9.93. The van der Waals surface area contributed by atoms with Gasteiger partial charge in [0.1, 0.15) is 5.82 Å². The highest BCUT2D eigenvalue weighted by atomic mass is 16.5. The Morgan fingerprint density at radius 3 is 2.40 bits per heavy atom. The van der Waals surface area contributed by atoms with Crippen LogP contribution in [0.5, 0.6) is 0 Å². The number of likely N-dealkylation sites (tertiary alicyclic amines) is 1. The highest BCUT2D eigenvalue weighted by Gasteiger charge is 2.28. The van der Waals surface area contributed by atoms with E-state index < -0.39 is 0 Å². The van der Waals surface area contributed by atoms with Crippen molar-refractivity contribution >= 4 is 17.6 Å². The number of rotatable bonds is 4. The molecule has 154 valence electrons. The number of nitrogens with one attached hydrogen (secondary N) is 1. The smallest absolute Gasteiger partial charge is 0.253 e. The molecule has 0 spiro atoms. The Bertz CT molecular complexity index is 1040. The van der Waals surface area contributed by atoms with E-state index in [-0.39, 0.29) is 17.7 Å². The Balaban J connectivity index is 1.32. The molecule has 1 aliphatic heterocycles. The number of piperidine rings is 1. The molecule has 0 saturated carbocycles. The maximum atomic E-state index is 12.8. The second-order valence-electron chi connectivity index (χ2n) is 7.49. The van der Waals surface area contributed by atoms with Gasteiger partial charge in [-0.1, -0.05) is 23.4 Å². The molecule has 30 heavy (non-hydrogen) atoms. The van der Waals surface area contributed by atoms with Gasteiger partial charge in [-0.2, -0.15) is 4.98 Å². The van der Waals surface area contributed by atoms with E-state index in [9.17, 15) is 9.59 Å². The molecule has 0 aliphatic carbocycles. The molecule has 2 aromatic heterocycles. The number of nitrogens with zero attached hydrogens (tertiary/aromatic N) is 4. The van der Waals surface area contributed by atoms with Crippen LogP contribution in [-0.2, 0) is 4.79 Å². The van der Waals surface area contributed by atoms with Gasteiger partial charge in [0.05, 0.1) is 0 Å². The predicted octanol–water partition coefficient (Wildman–Crippen LogP) is 3.24. The van der Waals surface area contributed by atoms with Gasteiger partial charge < -0.3 is 14.7 Å². The molecule has 0 radical (unpaired) electrons. The van der Waals surface area contributed by atoms with Crippen molar-refractivity contribution in [2.45, 2.75) is 26.7 Å². The molecule has 1 N–H and O–H groups in total. The van der Waals surface area contributed by atoms with Crippen LogP contribution < -0.4 is 5.32 Å². The van der Waals surface area contributed by atoms with Crippen LogP contribution in [0.15, 0.2) is 47.1 Å². The number of anilines is 1. The third-order valence-electron chi connectivity index (χ3n) is 5.23. The summed E-state index contributed by atoms with van der Waals surface area (Å²) in [6.07, 6.45) is 2.98. The van der Waals surface area contributed by atoms with E-state index in [1.54, 1.807) is 36.2 Å². The topological polar surface area (TPSA) is 101 Å². The molecule has 3 aromatic rings. The van der Waals surface area contributed by atoms with Crippen molar-refractivity contribution in [3.8, 4) is 11.4 Å². The van der Waals surface area contributed by atoms with Crippen LogP contribution in [0.4, 0.5) is 5.82 Å². The fraction of sp³-hybridized carbons (Fsp3) is 0.318.